The normalized spacial score (nSPS) is 28.2. The molecule has 3 rings (SSSR count). The average molecular weight is 385 g/mol. The van der Waals surface area contributed by atoms with E-state index < -0.39 is 11.4 Å². The number of aliphatic carboxylic acids is 1. The maximum absolute atomic E-state index is 11.2. The van der Waals surface area contributed by atoms with Crippen molar-refractivity contribution in [3.63, 3.8) is 0 Å². The number of rotatable bonds is 9. The van der Waals surface area contributed by atoms with Crippen molar-refractivity contribution < 1.29 is 9.90 Å². The lowest BCUT2D eigenvalue weighted by atomic mass is 9.88. The zero-order chi connectivity index (χ0) is 20.1. The third kappa shape index (κ3) is 5.68. The highest BCUT2D eigenvalue weighted by Crippen LogP contribution is 2.40. The van der Waals surface area contributed by atoms with Gasteiger partial charge in [-0.3, -0.25) is 4.79 Å². The van der Waals surface area contributed by atoms with Gasteiger partial charge in [0.15, 0.2) is 0 Å². The van der Waals surface area contributed by atoms with Crippen molar-refractivity contribution in [1.29, 1.82) is 0 Å². The molecule has 3 N–H and O–H groups in total. The van der Waals surface area contributed by atoms with E-state index >= 15 is 0 Å². The molecule has 2 aliphatic carbocycles. The van der Waals surface area contributed by atoms with E-state index in [4.69, 9.17) is 0 Å². The smallest absolute Gasteiger partial charge is 0.310 e. The Balaban J connectivity index is 1.41. The van der Waals surface area contributed by atoms with E-state index in [1.807, 2.05) is 0 Å². The molecular formula is C24H36N2O2. The van der Waals surface area contributed by atoms with Crippen LogP contribution in [0.2, 0.25) is 0 Å². The number of carboxylic acid groups (broad SMARTS) is 1. The van der Waals surface area contributed by atoms with Gasteiger partial charge in [-0.2, -0.15) is 0 Å². The summed E-state index contributed by atoms with van der Waals surface area (Å²) in [5.41, 5.74) is 2.17. The standard InChI is InChI=1S/C24H36N2O2/c1-4-18(14-17-8-6-5-7-9-17)21-15-22(21)26-20-12-10-19(11-13-20)25-16-24(2,3)23(27)28/h5-9,14,19-22,25-26H,4,10-13,15-16H2,1-3H3,(H,27,28)/b18-14+. The third-order valence-electron chi connectivity index (χ3n) is 6.42. The molecule has 0 radical (unpaired) electrons. The molecule has 0 aromatic heterocycles. The molecule has 154 valence electrons. The quantitative estimate of drug-likeness (QED) is 0.588. The van der Waals surface area contributed by atoms with E-state index in [9.17, 15) is 9.90 Å². The predicted octanol–water partition coefficient (Wildman–Crippen LogP) is 4.47. The highest BCUT2D eigenvalue weighted by molar-refractivity contribution is 5.73. The van der Waals surface area contributed by atoms with Gasteiger partial charge < -0.3 is 15.7 Å². The molecule has 28 heavy (non-hydrogen) atoms. The van der Waals surface area contributed by atoms with Gasteiger partial charge in [0.1, 0.15) is 0 Å². The Bertz CT molecular complexity index is 675. The summed E-state index contributed by atoms with van der Waals surface area (Å²) in [5, 5.41) is 16.6. The monoisotopic (exact) mass is 384 g/mol. The molecule has 2 saturated carbocycles. The maximum Gasteiger partial charge on any atom is 0.310 e. The van der Waals surface area contributed by atoms with Crippen LogP contribution in [0.25, 0.3) is 6.08 Å². The second kappa shape index (κ2) is 9.23. The van der Waals surface area contributed by atoms with Crippen LogP contribution in [0.1, 0.15) is 64.9 Å². The van der Waals surface area contributed by atoms with Gasteiger partial charge >= 0.3 is 5.97 Å². The fourth-order valence-electron chi connectivity index (χ4n) is 4.27. The van der Waals surface area contributed by atoms with E-state index in [1.54, 1.807) is 19.4 Å². The van der Waals surface area contributed by atoms with Crippen LogP contribution < -0.4 is 10.6 Å². The van der Waals surface area contributed by atoms with Crippen LogP contribution in [0.5, 0.6) is 0 Å². The molecule has 1 aromatic rings. The Morgan fingerprint density at radius 1 is 1.14 bits per heavy atom. The molecular weight excluding hydrogens is 348 g/mol. The van der Waals surface area contributed by atoms with E-state index in [0.717, 1.165) is 19.3 Å². The number of carboxylic acids is 1. The van der Waals surface area contributed by atoms with Crippen LogP contribution in [-0.2, 0) is 4.79 Å². The first kappa shape index (κ1) is 21.1. The van der Waals surface area contributed by atoms with Crippen molar-refractivity contribution in [2.75, 3.05) is 6.54 Å². The van der Waals surface area contributed by atoms with Gasteiger partial charge in [0, 0.05) is 24.7 Å². The summed E-state index contributed by atoms with van der Waals surface area (Å²) in [6.07, 6.45) is 9.37. The maximum atomic E-state index is 11.2. The number of carbonyl (C=O) groups is 1. The van der Waals surface area contributed by atoms with Crippen LogP contribution in [0.15, 0.2) is 35.9 Å². The molecule has 0 bridgehead atoms. The SMILES string of the molecule is CC/C(=C\c1ccccc1)C1CC1NC1CCC(NCC(C)(C)C(=O)O)CC1. The van der Waals surface area contributed by atoms with Gasteiger partial charge in [0.25, 0.3) is 0 Å². The summed E-state index contributed by atoms with van der Waals surface area (Å²) in [4.78, 5) is 11.2. The summed E-state index contributed by atoms with van der Waals surface area (Å²) in [5.74, 6) is -0.0390. The molecule has 2 unspecified atom stereocenters. The van der Waals surface area contributed by atoms with E-state index in [-0.39, 0.29) is 0 Å². The molecule has 0 saturated heterocycles. The van der Waals surface area contributed by atoms with Gasteiger partial charge in [0.05, 0.1) is 5.41 Å². The van der Waals surface area contributed by atoms with Gasteiger partial charge in [-0.05, 0) is 63.9 Å². The molecule has 2 fully saturated rings. The number of hydrogen-bond donors (Lipinski definition) is 3. The fraction of sp³-hybridized carbons (Fsp3) is 0.625. The Morgan fingerprint density at radius 3 is 2.39 bits per heavy atom. The Labute approximate surface area is 169 Å². The zero-order valence-electron chi connectivity index (χ0n) is 17.6. The van der Waals surface area contributed by atoms with Crippen LogP contribution >= 0.6 is 0 Å². The molecule has 0 heterocycles. The zero-order valence-corrected chi connectivity index (χ0v) is 17.6. The molecule has 0 amide bonds. The van der Waals surface area contributed by atoms with Gasteiger partial charge in [0.2, 0.25) is 0 Å². The van der Waals surface area contributed by atoms with Gasteiger partial charge in [-0.25, -0.2) is 0 Å². The van der Waals surface area contributed by atoms with Gasteiger partial charge in [-0.1, -0.05) is 48.9 Å². The molecule has 2 atom stereocenters. The highest BCUT2D eigenvalue weighted by Gasteiger charge is 2.40. The van der Waals surface area contributed by atoms with Crippen molar-refractivity contribution in [3.05, 3.63) is 41.5 Å². The molecule has 0 aliphatic heterocycles. The van der Waals surface area contributed by atoms with Crippen molar-refractivity contribution in [2.24, 2.45) is 11.3 Å². The Kier molecular flexibility index (Phi) is 6.95. The minimum absolute atomic E-state index is 0.454. The van der Waals surface area contributed by atoms with E-state index in [1.165, 1.54) is 24.8 Å². The largest absolute Gasteiger partial charge is 0.481 e. The first-order valence-corrected chi connectivity index (χ1v) is 10.9. The number of nitrogens with one attached hydrogen (secondary N) is 2. The summed E-state index contributed by atoms with van der Waals surface area (Å²) >= 11 is 0. The Hall–Kier alpha value is -1.65. The van der Waals surface area contributed by atoms with Crippen LogP contribution in [0, 0.1) is 11.3 Å². The molecule has 1 aromatic carbocycles. The van der Waals surface area contributed by atoms with Gasteiger partial charge in [-0.15, -0.1) is 0 Å². The van der Waals surface area contributed by atoms with Crippen LogP contribution in [-0.4, -0.2) is 35.7 Å². The minimum Gasteiger partial charge on any atom is -0.481 e. The third-order valence-corrected chi connectivity index (χ3v) is 6.42. The topological polar surface area (TPSA) is 61.4 Å². The summed E-state index contributed by atoms with van der Waals surface area (Å²) in [6, 6.07) is 12.3. The van der Waals surface area contributed by atoms with E-state index in [0.29, 0.717) is 30.6 Å². The lowest BCUT2D eigenvalue weighted by molar-refractivity contribution is -0.146. The summed E-state index contributed by atoms with van der Waals surface area (Å²) in [6.45, 7) is 6.38. The lowest BCUT2D eigenvalue weighted by Crippen LogP contribution is -2.45. The van der Waals surface area contributed by atoms with Crippen molar-refractivity contribution in [3.8, 4) is 0 Å². The molecule has 0 spiro atoms. The predicted molar refractivity (Wildman–Crippen MR) is 115 cm³/mol. The summed E-state index contributed by atoms with van der Waals surface area (Å²) in [7, 11) is 0. The average Bonchev–Trinajstić information content (AvgIpc) is 3.45. The second-order valence-corrected chi connectivity index (χ2v) is 9.22. The number of hydrogen-bond acceptors (Lipinski definition) is 3. The second-order valence-electron chi connectivity index (χ2n) is 9.22. The summed E-state index contributed by atoms with van der Waals surface area (Å²) < 4.78 is 0. The first-order chi connectivity index (χ1) is 13.4. The van der Waals surface area contributed by atoms with Crippen LogP contribution in [0.4, 0.5) is 0 Å². The van der Waals surface area contributed by atoms with Crippen molar-refractivity contribution in [1.82, 2.24) is 10.6 Å². The molecule has 2 aliphatic rings. The minimum atomic E-state index is -0.731. The van der Waals surface area contributed by atoms with E-state index in [2.05, 4.69) is 54.0 Å². The fourth-order valence-corrected chi connectivity index (χ4v) is 4.27. The first-order valence-electron chi connectivity index (χ1n) is 10.9. The van der Waals surface area contributed by atoms with Crippen molar-refractivity contribution >= 4 is 12.0 Å². The van der Waals surface area contributed by atoms with Crippen molar-refractivity contribution in [2.45, 2.75) is 77.4 Å². The number of benzene rings is 1. The Morgan fingerprint density at radius 2 is 1.79 bits per heavy atom. The highest BCUT2D eigenvalue weighted by atomic mass is 16.4. The molecule has 4 heteroatoms. The van der Waals surface area contributed by atoms with Crippen LogP contribution in [0.3, 0.4) is 0 Å². The molecule has 4 nitrogen and oxygen atoms in total. The lowest BCUT2D eigenvalue weighted by Gasteiger charge is -2.32.